The van der Waals surface area contributed by atoms with Gasteiger partial charge in [-0.1, -0.05) is 77.8 Å². The van der Waals surface area contributed by atoms with Crippen molar-refractivity contribution in [2.75, 3.05) is 25.0 Å². The maximum atomic E-state index is 14.2. The Balaban J connectivity index is 1.24. The number of fused-ring (bicyclic) bond motifs is 4. The van der Waals surface area contributed by atoms with Crippen molar-refractivity contribution in [3.8, 4) is 0 Å². The van der Waals surface area contributed by atoms with Gasteiger partial charge in [-0.3, -0.25) is 19.3 Å². The van der Waals surface area contributed by atoms with Crippen molar-refractivity contribution >= 4 is 58.6 Å². The Morgan fingerprint density at radius 2 is 1.49 bits per heavy atom. The zero-order valence-corrected chi connectivity index (χ0v) is 25.1. The third-order valence-electron chi connectivity index (χ3n) is 9.46. The van der Waals surface area contributed by atoms with Crippen LogP contribution in [0.25, 0.3) is 12.2 Å². The molecule has 6 nitrogen and oxygen atoms in total. The van der Waals surface area contributed by atoms with Crippen molar-refractivity contribution in [3.05, 3.63) is 111 Å². The molecule has 43 heavy (non-hydrogen) atoms. The average Bonchev–Trinajstić information content (AvgIpc) is 3.66. The number of likely N-dealkylation sites (tertiary alicyclic amines) is 1. The number of hydrogen-bond donors (Lipinski definition) is 1. The summed E-state index contributed by atoms with van der Waals surface area (Å²) >= 11 is 12.9. The van der Waals surface area contributed by atoms with Crippen LogP contribution in [0.5, 0.6) is 0 Å². The van der Waals surface area contributed by atoms with E-state index in [0.717, 1.165) is 37.1 Å². The summed E-state index contributed by atoms with van der Waals surface area (Å²) in [6.45, 7) is 1.17. The number of benzene rings is 3. The Hall–Kier alpha value is -3.71. The van der Waals surface area contributed by atoms with E-state index in [0.29, 0.717) is 32.3 Å². The molecule has 218 valence electrons. The van der Waals surface area contributed by atoms with Gasteiger partial charge in [-0.25, -0.2) is 0 Å². The highest BCUT2D eigenvalue weighted by Gasteiger charge is 2.63. The summed E-state index contributed by atoms with van der Waals surface area (Å²) in [6, 6.07) is 22.8. The Morgan fingerprint density at radius 1 is 0.884 bits per heavy atom. The number of ketones is 1. The predicted octanol–water partition coefficient (Wildman–Crippen LogP) is 6.59. The van der Waals surface area contributed by atoms with Crippen molar-refractivity contribution in [2.24, 2.45) is 5.92 Å². The molecule has 4 aliphatic heterocycles. The number of carbonyl (C=O) groups excluding carboxylic acids is 3. The second kappa shape index (κ2) is 11.1. The van der Waals surface area contributed by atoms with E-state index in [1.807, 2.05) is 60.7 Å². The molecule has 0 aliphatic carbocycles. The summed E-state index contributed by atoms with van der Waals surface area (Å²) in [5.74, 6) is -0.432. The van der Waals surface area contributed by atoms with Crippen LogP contribution in [0.1, 0.15) is 42.4 Å². The van der Waals surface area contributed by atoms with Crippen LogP contribution in [0.15, 0.2) is 83.9 Å². The lowest BCUT2D eigenvalue weighted by molar-refractivity contribution is -0.135. The Labute approximate surface area is 261 Å². The van der Waals surface area contributed by atoms with E-state index < -0.39 is 5.54 Å². The summed E-state index contributed by atoms with van der Waals surface area (Å²) in [5.41, 5.74) is 3.34. The van der Waals surface area contributed by atoms with Crippen molar-refractivity contribution in [1.29, 1.82) is 0 Å². The highest BCUT2D eigenvalue weighted by Crippen LogP contribution is 2.56. The molecule has 4 aliphatic rings. The molecule has 0 bridgehead atoms. The monoisotopic (exact) mass is 611 g/mol. The smallest absolute Gasteiger partial charge is 0.249 e. The first-order valence-corrected chi connectivity index (χ1v) is 15.5. The number of rotatable bonds is 4. The Morgan fingerprint density at radius 3 is 2.14 bits per heavy atom. The zero-order valence-electron chi connectivity index (χ0n) is 23.6. The summed E-state index contributed by atoms with van der Waals surface area (Å²) in [6.07, 6.45) is 6.61. The number of piperidine rings is 1. The number of para-hydroxylation sites is 1. The topological polar surface area (TPSA) is 69.7 Å². The third-order valence-corrected chi connectivity index (χ3v) is 10.1. The molecule has 2 amide bonds. The minimum absolute atomic E-state index is 0.0386. The lowest BCUT2D eigenvalue weighted by atomic mass is 9.76. The molecule has 7 rings (SSSR count). The SMILES string of the molecule is O=C1/C(=C/c2ccccc2Cl)CN(C(=O)C[C@H]2C[C@H]3CCCN3[C@]23C(=O)Nc2ccccc23)C/C1=C\c1ccccc1Cl. The fraction of sp³-hybridized carbons (Fsp3) is 0.286. The highest BCUT2D eigenvalue weighted by atomic mass is 35.5. The van der Waals surface area contributed by atoms with Crippen molar-refractivity contribution < 1.29 is 14.4 Å². The first-order chi connectivity index (χ1) is 20.9. The lowest BCUT2D eigenvalue weighted by Crippen LogP contribution is -2.52. The van der Waals surface area contributed by atoms with Crippen molar-refractivity contribution in [2.45, 2.75) is 37.3 Å². The minimum Gasteiger partial charge on any atom is -0.334 e. The van der Waals surface area contributed by atoms with Gasteiger partial charge in [0.1, 0.15) is 5.54 Å². The van der Waals surface area contributed by atoms with Crippen LogP contribution in [0.4, 0.5) is 5.69 Å². The third kappa shape index (κ3) is 4.73. The van der Waals surface area contributed by atoms with Crippen LogP contribution < -0.4 is 5.32 Å². The molecule has 3 aromatic carbocycles. The van der Waals surface area contributed by atoms with E-state index in [1.54, 1.807) is 29.2 Å². The van der Waals surface area contributed by atoms with Gasteiger partial charge in [0.2, 0.25) is 11.8 Å². The number of amides is 2. The molecule has 3 aromatic rings. The standard InChI is InChI=1S/C35H31Cl2N3O3/c36-29-12-4-1-8-22(29)16-24-20-39(21-25(33(24)42)17-23-9-2-5-13-30(23)37)32(41)19-26-18-27-10-7-15-40(27)35(26)28-11-3-6-14-31(28)38-34(35)43/h1-6,8-9,11-14,16-17,26-27H,7,10,15,18-21H2,(H,38,43)/b24-16+,25-17+/t26-,27-,35-/m1/s1. The van der Waals surface area contributed by atoms with E-state index in [1.165, 1.54) is 0 Å². The maximum Gasteiger partial charge on any atom is 0.249 e. The predicted molar refractivity (Wildman–Crippen MR) is 170 cm³/mol. The maximum absolute atomic E-state index is 14.2. The molecule has 1 spiro atoms. The van der Waals surface area contributed by atoms with Gasteiger partial charge in [0.05, 0.1) is 0 Å². The number of anilines is 1. The van der Waals surface area contributed by atoms with Crippen LogP contribution in [0.2, 0.25) is 10.0 Å². The van der Waals surface area contributed by atoms with Crippen LogP contribution in [0.3, 0.4) is 0 Å². The molecular weight excluding hydrogens is 581 g/mol. The Kier molecular flexibility index (Phi) is 7.24. The molecule has 0 saturated carbocycles. The van der Waals surface area contributed by atoms with E-state index in [-0.39, 0.29) is 49.1 Å². The number of nitrogens with one attached hydrogen (secondary N) is 1. The number of halogens is 2. The van der Waals surface area contributed by atoms with Crippen LogP contribution in [-0.2, 0) is 19.9 Å². The van der Waals surface area contributed by atoms with Gasteiger partial charge < -0.3 is 10.2 Å². The van der Waals surface area contributed by atoms with Crippen LogP contribution in [0, 0.1) is 5.92 Å². The van der Waals surface area contributed by atoms with Crippen molar-refractivity contribution in [3.63, 3.8) is 0 Å². The van der Waals surface area contributed by atoms with Crippen molar-refractivity contribution in [1.82, 2.24) is 9.80 Å². The molecule has 8 heteroatoms. The van der Waals surface area contributed by atoms with Crippen LogP contribution in [-0.4, -0.2) is 53.1 Å². The fourth-order valence-electron chi connectivity index (χ4n) is 7.58. The van der Waals surface area contributed by atoms with E-state index in [9.17, 15) is 14.4 Å². The molecule has 4 heterocycles. The largest absolute Gasteiger partial charge is 0.334 e. The summed E-state index contributed by atoms with van der Waals surface area (Å²) in [4.78, 5) is 45.9. The van der Waals surface area contributed by atoms with E-state index >= 15 is 0 Å². The molecule has 0 radical (unpaired) electrons. The molecule has 1 N–H and O–H groups in total. The summed E-state index contributed by atoms with van der Waals surface area (Å²) in [5, 5.41) is 4.18. The first kappa shape index (κ1) is 28.1. The van der Waals surface area contributed by atoms with Gasteiger partial charge >= 0.3 is 0 Å². The fourth-order valence-corrected chi connectivity index (χ4v) is 7.96. The molecule has 3 saturated heterocycles. The molecule has 3 atom stereocenters. The highest BCUT2D eigenvalue weighted by molar-refractivity contribution is 6.33. The average molecular weight is 613 g/mol. The number of Topliss-reactive ketones (excluding diaryl/α,β-unsaturated/α-hetero) is 1. The number of carbonyl (C=O) groups is 3. The molecule has 0 unspecified atom stereocenters. The van der Waals surface area contributed by atoms with Crippen LogP contribution >= 0.6 is 23.2 Å². The lowest BCUT2D eigenvalue weighted by Gasteiger charge is -2.38. The zero-order chi connectivity index (χ0) is 29.7. The van der Waals surface area contributed by atoms with Gasteiger partial charge in [0.15, 0.2) is 5.78 Å². The molecule has 0 aromatic heterocycles. The summed E-state index contributed by atoms with van der Waals surface area (Å²) < 4.78 is 0. The second-order valence-corrected chi connectivity index (χ2v) is 12.7. The summed E-state index contributed by atoms with van der Waals surface area (Å²) in [7, 11) is 0. The van der Waals surface area contributed by atoms with Gasteiger partial charge in [0.25, 0.3) is 0 Å². The number of nitrogens with zero attached hydrogens (tertiary/aromatic N) is 2. The normalized spacial score (nSPS) is 26.8. The van der Waals surface area contributed by atoms with E-state index in [2.05, 4.69) is 10.2 Å². The van der Waals surface area contributed by atoms with E-state index in [4.69, 9.17) is 23.2 Å². The number of hydrogen-bond acceptors (Lipinski definition) is 4. The molecule has 3 fully saturated rings. The van der Waals surface area contributed by atoms with Gasteiger partial charge in [-0.15, -0.1) is 0 Å². The first-order valence-electron chi connectivity index (χ1n) is 14.8. The second-order valence-electron chi connectivity index (χ2n) is 11.9. The van der Waals surface area contributed by atoms with Gasteiger partial charge in [0, 0.05) is 63.9 Å². The van der Waals surface area contributed by atoms with Gasteiger partial charge in [-0.05, 0) is 67.3 Å². The minimum atomic E-state index is -0.856. The van der Waals surface area contributed by atoms with Gasteiger partial charge in [-0.2, -0.15) is 0 Å². The quantitative estimate of drug-likeness (QED) is 0.338. The Bertz CT molecular complexity index is 1650. The molecular formula is C35H31Cl2N3O3.